The Balaban J connectivity index is 2.01. The van der Waals surface area contributed by atoms with Gasteiger partial charge in [0, 0.05) is 26.5 Å². The van der Waals surface area contributed by atoms with Crippen LogP contribution in [0.3, 0.4) is 0 Å². The second kappa shape index (κ2) is 8.72. The van der Waals surface area contributed by atoms with Crippen LogP contribution in [0.15, 0.2) is 42.6 Å². The zero-order valence-corrected chi connectivity index (χ0v) is 16.0. The number of hydrogen-bond acceptors (Lipinski definition) is 7. The molecule has 2 rings (SSSR count). The molecule has 0 amide bonds. The lowest BCUT2D eigenvalue weighted by Gasteiger charge is -2.18. The van der Waals surface area contributed by atoms with Crippen molar-refractivity contribution in [3.8, 4) is 17.4 Å². The van der Waals surface area contributed by atoms with Gasteiger partial charge in [-0.3, -0.25) is 9.36 Å². The van der Waals surface area contributed by atoms with Crippen molar-refractivity contribution in [1.82, 2.24) is 4.98 Å². The van der Waals surface area contributed by atoms with E-state index in [1.807, 2.05) is 0 Å². The highest BCUT2D eigenvalue weighted by molar-refractivity contribution is 7.72. The number of hydrogen-bond donors (Lipinski definition) is 0. The van der Waals surface area contributed by atoms with Gasteiger partial charge in [0.2, 0.25) is 5.88 Å². The largest absolute Gasteiger partial charge is 0.482 e. The second-order valence-electron chi connectivity index (χ2n) is 5.42. The molecular formula is C17H17F3NO6P. The molecule has 1 aromatic carbocycles. The summed E-state index contributed by atoms with van der Waals surface area (Å²) < 4.78 is 69.6. The number of nitrogens with zero attached hydrogens (tertiary/aromatic N) is 1. The van der Waals surface area contributed by atoms with E-state index in [0.717, 1.165) is 26.4 Å². The maximum Gasteiger partial charge on any atom is 0.417 e. The van der Waals surface area contributed by atoms with Gasteiger partial charge in [-0.1, -0.05) is 0 Å². The van der Waals surface area contributed by atoms with Crippen LogP contribution in [0.4, 0.5) is 13.2 Å². The fourth-order valence-corrected chi connectivity index (χ4v) is 3.05. The summed E-state index contributed by atoms with van der Waals surface area (Å²) in [6, 6.07) is 7.83. The summed E-state index contributed by atoms with van der Waals surface area (Å²) >= 11 is 0. The molecular weight excluding hydrogens is 402 g/mol. The molecule has 1 heterocycles. The van der Waals surface area contributed by atoms with Crippen LogP contribution in [0.5, 0.6) is 17.4 Å². The molecule has 0 aliphatic carbocycles. The summed E-state index contributed by atoms with van der Waals surface area (Å²) in [6.45, 7) is 1.39. The highest BCUT2D eigenvalue weighted by atomic mass is 31.2. The predicted octanol–water partition coefficient (Wildman–Crippen LogP) is 4.67. The Hall–Kier alpha value is -2.42. The Labute approximate surface area is 158 Å². The smallest absolute Gasteiger partial charge is 0.417 e. The van der Waals surface area contributed by atoms with E-state index in [1.54, 1.807) is 0 Å². The minimum Gasteiger partial charge on any atom is -0.482 e. The monoisotopic (exact) mass is 419 g/mol. The third kappa shape index (κ3) is 5.31. The van der Waals surface area contributed by atoms with Crippen molar-refractivity contribution in [2.45, 2.75) is 19.2 Å². The standard InChI is InChI=1S/C17H17F3NO6P/c1-11(16(22)28(23,24-2)25-3)26-13-5-7-14(8-6-13)27-15-9-4-12(10-21-15)17(18,19)20/h4-11H,1-3H3. The van der Waals surface area contributed by atoms with Crippen LogP contribution >= 0.6 is 7.60 Å². The van der Waals surface area contributed by atoms with Gasteiger partial charge in [-0.2, -0.15) is 13.2 Å². The van der Waals surface area contributed by atoms with E-state index < -0.39 is 31.0 Å². The molecule has 1 atom stereocenters. The summed E-state index contributed by atoms with van der Waals surface area (Å²) in [5, 5.41) is 0. The predicted molar refractivity (Wildman–Crippen MR) is 92.5 cm³/mol. The fraction of sp³-hybridized carbons (Fsp3) is 0.294. The van der Waals surface area contributed by atoms with Gasteiger partial charge in [0.25, 0.3) is 5.52 Å². The molecule has 0 saturated heterocycles. The third-order valence-corrected chi connectivity index (χ3v) is 5.39. The molecule has 28 heavy (non-hydrogen) atoms. The average molecular weight is 419 g/mol. The van der Waals surface area contributed by atoms with Gasteiger partial charge in [-0.15, -0.1) is 0 Å². The first-order valence-electron chi connectivity index (χ1n) is 7.83. The lowest BCUT2D eigenvalue weighted by atomic mass is 10.3. The number of rotatable bonds is 8. The third-order valence-electron chi connectivity index (χ3n) is 3.52. The van der Waals surface area contributed by atoms with Gasteiger partial charge >= 0.3 is 13.8 Å². The van der Waals surface area contributed by atoms with Crippen molar-refractivity contribution in [2.24, 2.45) is 0 Å². The van der Waals surface area contributed by atoms with Gasteiger partial charge in [-0.05, 0) is 37.3 Å². The number of aromatic nitrogens is 1. The number of pyridine rings is 1. The van der Waals surface area contributed by atoms with Crippen LogP contribution in [0.25, 0.3) is 0 Å². The normalized spacial score (nSPS) is 13.1. The lowest BCUT2D eigenvalue weighted by molar-refractivity contribution is -0.137. The minimum atomic E-state index is -4.48. The first-order chi connectivity index (χ1) is 13.1. The van der Waals surface area contributed by atoms with Crippen molar-refractivity contribution in [3.05, 3.63) is 48.2 Å². The Morgan fingerprint density at radius 1 is 1.04 bits per heavy atom. The number of halogens is 3. The van der Waals surface area contributed by atoms with Crippen molar-refractivity contribution in [3.63, 3.8) is 0 Å². The molecule has 152 valence electrons. The van der Waals surface area contributed by atoms with Gasteiger partial charge in [-0.25, -0.2) is 4.98 Å². The number of carbonyl (C=O) groups is 1. The Morgan fingerprint density at radius 3 is 2.07 bits per heavy atom. The molecule has 7 nitrogen and oxygen atoms in total. The van der Waals surface area contributed by atoms with Crippen LogP contribution in [-0.2, 0) is 24.6 Å². The maximum atomic E-state index is 12.5. The molecule has 11 heteroatoms. The molecule has 1 aromatic heterocycles. The Morgan fingerprint density at radius 2 is 1.61 bits per heavy atom. The fourth-order valence-electron chi connectivity index (χ4n) is 2.05. The van der Waals surface area contributed by atoms with Gasteiger partial charge < -0.3 is 18.5 Å². The van der Waals surface area contributed by atoms with Crippen LogP contribution in [0.1, 0.15) is 12.5 Å². The zero-order chi connectivity index (χ0) is 20.9. The number of alkyl halides is 3. The lowest BCUT2D eigenvalue weighted by Crippen LogP contribution is -2.24. The summed E-state index contributed by atoms with van der Waals surface area (Å²) in [7, 11) is -1.73. The Bertz CT molecular complexity index is 847. The van der Waals surface area contributed by atoms with E-state index in [2.05, 4.69) is 14.0 Å². The quantitative estimate of drug-likeness (QED) is 0.575. The van der Waals surface area contributed by atoms with Gasteiger partial charge in [0.1, 0.15) is 11.5 Å². The van der Waals surface area contributed by atoms with Crippen LogP contribution in [0.2, 0.25) is 0 Å². The first kappa shape index (κ1) is 21.9. The SMILES string of the molecule is COP(=O)(OC)C(=O)C(C)Oc1ccc(Oc2ccc(C(F)(F)F)cn2)cc1. The number of benzene rings is 1. The van der Waals surface area contributed by atoms with E-state index in [4.69, 9.17) is 9.47 Å². The molecule has 1 unspecified atom stereocenters. The summed E-state index contributed by atoms with van der Waals surface area (Å²) in [6.07, 6.45) is -4.91. The summed E-state index contributed by atoms with van der Waals surface area (Å²) in [4.78, 5) is 15.7. The molecule has 0 N–H and O–H groups in total. The molecule has 0 radical (unpaired) electrons. The topological polar surface area (TPSA) is 84.0 Å². The van der Waals surface area contributed by atoms with Crippen LogP contribution in [0, 0.1) is 0 Å². The maximum absolute atomic E-state index is 12.5. The molecule has 0 bridgehead atoms. The average Bonchev–Trinajstić information content (AvgIpc) is 2.68. The zero-order valence-electron chi connectivity index (χ0n) is 15.1. The number of carbonyl (C=O) groups excluding carboxylic acids is 1. The van der Waals surface area contributed by atoms with E-state index in [9.17, 15) is 22.5 Å². The van der Waals surface area contributed by atoms with Crippen molar-refractivity contribution in [2.75, 3.05) is 14.2 Å². The van der Waals surface area contributed by atoms with Gasteiger partial charge in [0.15, 0.2) is 6.10 Å². The van der Waals surface area contributed by atoms with E-state index in [1.165, 1.54) is 31.2 Å². The van der Waals surface area contributed by atoms with Crippen LogP contribution in [-0.4, -0.2) is 30.8 Å². The van der Waals surface area contributed by atoms with Gasteiger partial charge in [0.05, 0.1) is 5.56 Å². The van der Waals surface area contributed by atoms with E-state index in [0.29, 0.717) is 6.20 Å². The Kier molecular flexibility index (Phi) is 6.82. The number of ether oxygens (including phenoxy) is 2. The molecule has 0 fully saturated rings. The molecule has 0 aliphatic rings. The molecule has 2 aromatic rings. The highest BCUT2D eigenvalue weighted by Crippen LogP contribution is 2.48. The highest BCUT2D eigenvalue weighted by Gasteiger charge is 2.37. The van der Waals surface area contributed by atoms with Crippen LogP contribution < -0.4 is 9.47 Å². The van der Waals surface area contributed by atoms with Crippen molar-refractivity contribution < 1.29 is 41.1 Å². The first-order valence-corrected chi connectivity index (χ1v) is 9.37. The van der Waals surface area contributed by atoms with E-state index >= 15 is 0 Å². The molecule has 0 aliphatic heterocycles. The van der Waals surface area contributed by atoms with Crippen molar-refractivity contribution in [1.29, 1.82) is 0 Å². The summed E-state index contributed by atoms with van der Waals surface area (Å²) in [5.74, 6) is 0.539. The summed E-state index contributed by atoms with van der Waals surface area (Å²) in [5.41, 5.74) is -1.72. The van der Waals surface area contributed by atoms with Crippen molar-refractivity contribution >= 4 is 13.1 Å². The molecule has 0 saturated carbocycles. The minimum absolute atomic E-state index is 0.0219. The van der Waals surface area contributed by atoms with E-state index in [-0.39, 0.29) is 17.4 Å². The molecule has 0 spiro atoms. The second-order valence-corrected chi connectivity index (χ2v) is 7.58.